The fraction of sp³-hybridized carbons (Fsp3) is 0.444. The molecule has 0 saturated heterocycles. The van der Waals surface area contributed by atoms with Crippen LogP contribution in [0.25, 0.3) is 5.52 Å². The average Bonchev–Trinajstić information content (AvgIpc) is 3.21. The summed E-state index contributed by atoms with van der Waals surface area (Å²) < 4.78 is 34.3. The number of rotatable bonds is 4. The average molecular weight is 430 g/mol. The normalized spacial score (nSPS) is 21.9. The van der Waals surface area contributed by atoms with E-state index in [1.165, 1.54) is 4.52 Å². The molecule has 0 radical (unpaired) electrons. The summed E-state index contributed by atoms with van der Waals surface area (Å²) in [6, 6.07) is 2.93. The lowest BCUT2D eigenvalue weighted by molar-refractivity contribution is -0.0447. The molecule has 1 fully saturated rings. The highest BCUT2D eigenvalue weighted by Gasteiger charge is 2.42. The van der Waals surface area contributed by atoms with E-state index >= 15 is 0 Å². The highest BCUT2D eigenvalue weighted by molar-refractivity contribution is 6.31. The molecule has 3 N–H and O–H groups in total. The van der Waals surface area contributed by atoms with Gasteiger partial charge in [0.25, 0.3) is 0 Å². The van der Waals surface area contributed by atoms with Crippen LogP contribution in [0.2, 0.25) is 10.4 Å². The van der Waals surface area contributed by atoms with Crippen LogP contribution < -0.4 is 11.1 Å². The van der Waals surface area contributed by atoms with Gasteiger partial charge in [0.1, 0.15) is 16.4 Å². The molecule has 0 amide bonds. The molecular weight excluding hydrogens is 411 g/mol. The van der Waals surface area contributed by atoms with Gasteiger partial charge in [0.05, 0.1) is 12.8 Å². The fourth-order valence-electron chi connectivity index (χ4n) is 3.94. The van der Waals surface area contributed by atoms with Gasteiger partial charge in [-0.1, -0.05) is 11.6 Å². The van der Waals surface area contributed by atoms with Crippen LogP contribution in [0.5, 0.6) is 0 Å². The van der Waals surface area contributed by atoms with E-state index in [9.17, 15) is 8.78 Å². The molecule has 3 heterocycles. The van der Waals surface area contributed by atoms with E-state index < -0.39 is 12.0 Å². The van der Waals surface area contributed by atoms with Crippen molar-refractivity contribution in [2.24, 2.45) is 5.73 Å². The summed E-state index contributed by atoms with van der Waals surface area (Å²) in [5.74, 6) is -1.82. The Morgan fingerprint density at radius 1 is 1.43 bits per heavy atom. The third-order valence-electron chi connectivity index (χ3n) is 5.24. The van der Waals surface area contributed by atoms with Crippen LogP contribution in [0.4, 0.5) is 14.6 Å². The number of nitrogens with zero attached hydrogens (tertiary/aromatic N) is 3. The van der Waals surface area contributed by atoms with E-state index in [2.05, 4.69) is 15.4 Å². The second-order valence-corrected chi connectivity index (χ2v) is 7.82. The Labute approximate surface area is 170 Å². The second kappa shape index (κ2) is 7.17. The molecule has 1 aliphatic rings. The lowest BCUT2D eigenvalue weighted by Crippen LogP contribution is -2.40. The summed E-state index contributed by atoms with van der Waals surface area (Å²) in [6.45, 7) is 2.26. The maximum atomic E-state index is 13.7. The zero-order valence-corrected chi connectivity index (χ0v) is 16.6. The van der Waals surface area contributed by atoms with Gasteiger partial charge in [0.2, 0.25) is 11.2 Å². The number of hydrogen-bond acceptors (Lipinski definition) is 5. The van der Waals surface area contributed by atoms with Gasteiger partial charge in [-0.2, -0.15) is 4.98 Å². The molecule has 4 rings (SSSR count). The quantitative estimate of drug-likeness (QED) is 0.623. The first-order valence-electron chi connectivity index (χ1n) is 8.91. The number of hydrogen-bond donors (Lipinski definition) is 2. The Morgan fingerprint density at radius 3 is 2.89 bits per heavy atom. The Hall–Kier alpha value is -1.90. The first-order valence-corrected chi connectivity index (χ1v) is 9.66. The molecule has 0 aliphatic heterocycles. The zero-order chi connectivity index (χ0) is 20.1. The standard InChI is InChI=1S/C18H19Cl2F2N5O/c1-9-13(11-4-5-18(21,22)7-12(11)23)15(19)27-14(9)16(25-17(20)26-27)24-8-10-3-2-6-28-10/h2-3,6,11-12H,4-5,7-8,23H2,1H3,(H,24,25,26)/t11-,12-/m0/s1. The molecule has 150 valence electrons. The van der Waals surface area contributed by atoms with E-state index in [4.69, 9.17) is 33.4 Å². The summed E-state index contributed by atoms with van der Waals surface area (Å²) in [5.41, 5.74) is 8.26. The van der Waals surface area contributed by atoms with E-state index in [1.807, 2.05) is 13.0 Å². The van der Waals surface area contributed by atoms with Crippen LogP contribution >= 0.6 is 23.2 Å². The molecule has 3 aromatic heterocycles. The van der Waals surface area contributed by atoms with Gasteiger partial charge >= 0.3 is 0 Å². The van der Waals surface area contributed by atoms with Crippen molar-refractivity contribution >= 4 is 34.5 Å². The summed E-state index contributed by atoms with van der Waals surface area (Å²) in [4.78, 5) is 4.27. The Balaban J connectivity index is 1.76. The minimum atomic E-state index is -2.74. The second-order valence-electron chi connectivity index (χ2n) is 7.12. The number of nitrogens with one attached hydrogen (secondary N) is 1. The molecule has 0 unspecified atom stereocenters. The number of alkyl halides is 2. The van der Waals surface area contributed by atoms with E-state index in [1.54, 1.807) is 12.3 Å². The molecule has 10 heteroatoms. The molecule has 28 heavy (non-hydrogen) atoms. The van der Waals surface area contributed by atoms with Crippen LogP contribution in [0, 0.1) is 6.92 Å². The van der Waals surface area contributed by atoms with E-state index in [-0.39, 0.29) is 30.5 Å². The van der Waals surface area contributed by atoms with E-state index in [0.29, 0.717) is 23.0 Å². The van der Waals surface area contributed by atoms with Crippen molar-refractivity contribution in [3.8, 4) is 0 Å². The molecule has 6 nitrogen and oxygen atoms in total. The van der Waals surface area contributed by atoms with Gasteiger partial charge in [-0.15, -0.1) is 5.10 Å². The minimum Gasteiger partial charge on any atom is -0.467 e. The SMILES string of the molecule is Cc1c([C@H]2CCC(F)(F)C[C@@H]2N)c(Cl)n2nc(Cl)nc(NCc3ccco3)c12. The van der Waals surface area contributed by atoms with Crippen molar-refractivity contribution in [2.75, 3.05) is 5.32 Å². The number of furan rings is 1. The molecule has 0 aromatic carbocycles. The van der Waals surface area contributed by atoms with Gasteiger partial charge in [-0.05, 0) is 48.2 Å². The molecule has 1 aliphatic carbocycles. The largest absolute Gasteiger partial charge is 0.467 e. The van der Waals surface area contributed by atoms with Crippen molar-refractivity contribution < 1.29 is 13.2 Å². The van der Waals surface area contributed by atoms with Gasteiger partial charge in [0, 0.05) is 24.8 Å². The van der Waals surface area contributed by atoms with Crippen LogP contribution in [0.15, 0.2) is 22.8 Å². The predicted octanol–water partition coefficient (Wildman–Crippen LogP) is 4.78. The lowest BCUT2D eigenvalue weighted by Gasteiger charge is -2.34. The summed E-state index contributed by atoms with van der Waals surface area (Å²) in [7, 11) is 0. The smallest absolute Gasteiger partial charge is 0.249 e. The Kier molecular flexibility index (Phi) is 4.97. The van der Waals surface area contributed by atoms with Gasteiger partial charge in [0.15, 0.2) is 5.82 Å². The number of aromatic nitrogens is 3. The molecule has 0 bridgehead atoms. The zero-order valence-electron chi connectivity index (χ0n) is 15.1. The third kappa shape index (κ3) is 3.44. The fourth-order valence-corrected chi connectivity index (χ4v) is 4.51. The Bertz CT molecular complexity index is 1010. The Morgan fingerprint density at radius 2 is 2.21 bits per heavy atom. The first kappa shape index (κ1) is 19.4. The van der Waals surface area contributed by atoms with Gasteiger partial charge < -0.3 is 15.5 Å². The molecule has 1 saturated carbocycles. The van der Waals surface area contributed by atoms with E-state index in [0.717, 1.165) is 16.9 Å². The molecule has 2 atom stereocenters. The van der Waals surface area contributed by atoms with Crippen LogP contribution in [0.1, 0.15) is 42.1 Å². The highest BCUT2D eigenvalue weighted by Crippen LogP contribution is 2.45. The summed E-state index contributed by atoms with van der Waals surface area (Å²) in [6.07, 6.45) is 1.25. The van der Waals surface area contributed by atoms with Crippen molar-refractivity contribution in [3.63, 3.8) is 0 Å². The molecular formula is C18H19Cl2F2N5O. The monoisotopic (exact) mass is 429 g/mol. The topological polar surface area (TPSA) is 81.4 Å². The van der Waals surface area contributed by atoms with Crippen LogP contribution in [-0.2, 0) is 6.54 Å². The first-order chi connectivity index (χ1) is 13.3. The number of fused-ring (bicyclic) bond motifs is 1. The van der Waals surface area contributed by atoms with Crippen molar-refractivity contribution in [3.05, 3.63) is 45.7 Å². The number of nitrogens with two attached hydrogens (primary N) is 1. The minimum absolute atomic E-state index is 0.0115. The highest BCUT2D eigenvalue weighted by atomic mass is 35.5. The number of aryl methyl sites for hydroxylation is 1. The molecule has 3 aromatic rings. The van der Waals surface area contributed by atoms with Gasteiger partial charge in [-0.25, -0.2) is 13.3 Å². The predicted molar refractivity (Wildman–Crippen MR) is 103 cm³/mol. The van der Waals surface area contributed by atoms with Crippen LogP contribution in [0.3, 0.4) is 0 Å². The maximum Gasteiger partial charge on any atom is 0.249 e. The van der Waals surface area contributed by atoms with Gasteiger partial charge in [-0.3, -0.25) is 0 Å². The summed E-state index contributed by atoms with van der Waals surface area (Å²) >= 11 is 12.7. The number of anilines is 1. The number of halogens is 4. The lowest BCUT2D eigenvalue weighted by atomic mass is 9.78. The van der Waals surface area contributed by atoms with Crippen LogP contribution in [-0.4, -0.2) is 26.6 Å². The van der Waals surface area contributed by atoms with Crippen molar-refractivity contribution in [2.45, 2.75) is 50.6 Å². The summed E-state index contributed by atoms with van der Waals surface area (Å²) in [5, 5.41) is 7.71. The van der Waals surface area contributed by atoms with Crippen molar-refractivity contribution in [1.82, 2.24) is 14.6 Å². The van der Waals surface area contributed by atoms with Crippen molar-refractivity contribution in [1.29, 1.82) is 0 Å². The maximum absolute atomic E-state index is 13.7. The molecule has 0 spiro atoms. The third-order valence-corrected chi connectivity index (χ3v) is 5.77.